The number of aromatic nitrogens is 2. The molecule has 0 fully saturated rings. The maximum atomic E-state index is 11.8. The van der Waals surface area contributed by atoms with E-state index in [0.717, 1.165) is 11.5 Å². The van der Waals surface area contributed by atoms with Crippen LogP contribution in [0.25, 0.3) is 0 Å². The van der Waals surface area contributed by atoms with Gasteiger partial charge in [0.05, 0.1) is 12.3 Å². The third-order valence-electron chi connectivity index (χ3n) is 1.86. The molecule has 1 aromatic rings. The SMILES string of the molecule is CCOC(=O)CN(C)C(=O)c1snnc1C. The Labute approximate surface area is 97.4 Å². The minimum atomic E-state index is -0.423. The number of hydrogen-bond acceptors (Lipinski definition) is 6. The van der Waals surface area contributed by atoms with Gasteiger partial charge in [0.1, 0.15) is 11.4 Å². The lowest BCUT2D eigenvalue weighted by Gasteiger charge is -2.14. The molecule has 1 heterocycles. The van der Waals surface area contributed by atoms with E-state index in [2.05, 4.69) is 9.59 Å². The highest BCUT2D eigenvalue weighted by Crippen LogP contribution is 2.11. The Kier molecular flexibility index (Phi) is 4.36. The van der Waals surface area contributed by atoms with Crippen molar-refractivity contribution in [2.75, 3.05) is 20.2 Å². The molecule has 0 saturated carbocycles. The van der Waals surface area contributed by atoms with E-state index < -0.39 is 5.97 Å². The molecule has 0 atom stereocenters. The van der Waals surface area contributed by atoms with Gasteiger partial charge in [-0.05, 0) is 25.4 Å². The zero-order valence-electron chi connectivity index (χ0n) is 9.39. The van der Waals surface area contributed by atoms with Crippen LogP contribution < -0.4 is 0 Å². The molecule has 7 heteroatoms. The Hall–Kier alpha value is -1.50. The molecular formula is C9H13N3O3S. The number of amides is 1. The van der Waals surface area contributed by atoms with Gasteiger partial charge in [-0.1, -0.05) is 4.49 Å². The van der Waals surface area contributed by atoms with Crippen LogP contribution in [0.2, 0.25) is 0 Å². The third kappa shape index (κ3) is 2.99. The van der Waals surface area contributed by atoms with E-state index >= 15 is 0 Å². The van der Waals surface area contributed by atoms with Gasteiger partial charge < -0.3 is 9.64 Å². The summed E-state index contributed by atoms with van der Waals surface area (Å²) in [5.74, 6) is -0.686. The second-order valence-electron chi connectivity index (χ2n) is 3.15. The monoisotopic (exact) mass is 243 g/mol. The van der Waals surface area contributed by atoms with E-state index in [1.165, 1.54) is 4.90 Å². The summed E-state index contributed by atoms with van der Waals surface area (Å²) in [5, 5.41) is 3.74. The maximum absolute atomic E-state index is 11.8. The van der Waals surface area contributed by atoms with Gasteiger partial charge in [0.2, 0.25) is 0 Å². The highest BCUT2D eigenvalue weighted by Gasteiger charge is 2.19. The standard InChI is InChI=1S/C9H13N3O3S/c1-4-15-7(13)5-12(3)9(14)8-6(2)10-11-16-8/h4-5H2,1-3H3. The molecule has 0 N–H and O–H groups in total. The zero-order valence-corrected chi connectivity index (χ0v) is 10.2. The van der Waals surface area contributed by atoms with Crippen molar-refractivity contribution in [3.05, 3.63) is 10.6 Å². The molecule has 1 aromatic heterocycles. The molecule has 0 aliphatic carbocycles. The predicted molar refractivity (Wildman–Crippen MR) is 58.2 cm³/mol. The second-order valence-corrected chi connectivity index (χ2v) is 3.91. The van der Waals surface area contributed by atoms with E-state index in [4.69, 9.17) is 4.74 Å². The van der Waals surface area contributed by atoms with E-state index in [1.807, 2.05) is 0 Å². The van der Waals surface area contributed by atoms with Gasteiger partial charge in [0.15, 0.2) is 0 Å². The molecule has 16 heavy (non-hydrogen) atoms. The van der Waals surface area contributed by atoms with Gasteiger partial charge in [-0.3, -0.25) is 9.59 Å². The number of rotatable bonds is 4. The van der Waals surface area contributed by atoms with Crippen molar-refractivity contribution in [2.45, 2.75) is 13.8 Å². The molecule has 88 valence electrons. The highest BCUT2D eigenvalue weighted by atomic mass is 32.1. The van der Waals surface area contributed by atoms with Crippen molar-refractivity contribution in [3.63, 3.8) is 0 Å². The molecule has 6 nitrogen and oxygen atoms in total. The number of likely N-dealkylation sites (N-methyl/N-ethyl adjacent to an activating group) is 1. The molecule has 0 aliphatic rings. The molecule has 0 aromatic carbocycles. The number of ether oxygens (including phenoxy) is 1. The van der Waals surface area contributed by atoms with Gasteiger partial charge in [-0.25, -0.2) is 0 Å². The molecule has 0 bridgehead atoms. The van der Waals surface area contributed by atoms with Crippen molar-refractivity contribution >= 4 is 23.4 Å². The first kappa shape index (κ1) is 12.6. The first-order valence-corrected chi connectivity index (χ1v) is 5.53. The molecule has 0 saturated heterocycles. The average Bonchev–Trinajstić information content (AvgIpc) is 2.63. The molecule has 0 radical (unpaired) electrons. The Morgan fingerprint density at radius 1 is 1.50 bits per heavy atom. The van der Waals surface area contributed by atoms with Gasteiger partial charge >= 0.3 is 5.97 Å². The molecular weight excluding hydrogens is 230 g/mol. The lowest BCUT2D eigenvalue weighted by Crippen LogP contribution is -2.32. The number of esters is 1. The van der Waals surface area contributed by atoms with Crippen LogP contribution in [0, 0.1) is 6.92 Å². The van der Waals surface area contributed by atoms with Crippen LogP contribution in [0.4, 0.5) is 0 Å². The lowest BCUT2D eigenvalue weighted by molar-refractivity contribution is -0.143. The van der Waals surface area contributed by atoms with Crippen molar-refractivity contribution in [1.82, 2.24) is 14.5 Å². The Morgan fingerprint density at radius 3 is 2.69 bits per heavy atom. The van der Waals surface area contributed by atoms with Gasteiger partial charge in [0.25, 0.3) is 5.91 Å². The average molecular weight is 243 g/mol. The van der Waals surface area contributed by atoms with Crippen LogP contribution >= 0.6 is 11.5 Å². The number of carbonyl (C=O) groups is 2. The summed E-state index contributed by atoms with van der Waals surface area (Å²) in [6, 6.07) is 0. The molecule has 1 amide bonds. The predicted octanol–water partition coefficient (Wildman–Crippen LogP) is 0.482. The van der Waals surface area contributed by atoms with Crippen molar-refractivity contribution < 1.29 is 14.3 Å². The smallest absolute Gasteiger partial charge is 0.325 e. The van der Waals surface area contributed by atoms with Crippen molar-refractivity contribution in [1.29, 1.82) is 0 Å². The Bertz CT molecular complexity index is 391. The highest BCUT2D eigenvalue weighted by molar-refractivity contribution is 7.07. The number of nitrogens with zero attached hydrogens (tertiary/aromatic N) is 3. The van der Waals surface area contributed by atoms with E-state index in [-0.39, 0.29) is 12.5 Å². The summed E-state index contributed by atoms with van der Waals surface area (Å²) >= 11 is 1.02. The quantitative estimate of drug-likeness (QED) is 0.719. The Balaban J connectivity index is 2.61. The summed E-state index contributed by atoms with van der Waals surface area (Å²) in [7, 11) is 1.54. The van der Waals surface area contributed by atoms with Gasteiger partial charge in [0, 0.05) is 7.05 Å². The normalized spacial score (nSPS) is 9.94. The summed E-state index contributed by atoms with van der Waals surface area (Å²) in [4.78, 5) is 24.7. The largest absolute Gasteiger partial charge is 0.465 e. The fourth-order valence-electron chi connectivity index (χ4n) is 1.07. The fraction of sp³-hybridized carbons (Fsp3) is 0.556. The third-order valence-corrected chi connectivity index (χ3v) is 2.68. The molecule has 1 rings (SSSR count). The molecule has 0 unspecified atom stereocenters. The summed E-state index contributed by atoms with van der Waals surface area (Å²) in [6.07, 6.45) is 0. The first-order valence-electron chi connectivity index (χ1n) is 4.76. The number of hydrogen-bond donors (Lipinski definition) is 0. The fourth-order valence-corrected chi connectivity index (χ4v) is 1.72. The Morgan fingerprint density at radius 2 is 2.19 bits per heavy atom. The first-order chi connectivity index (χ1) is 7.56. The minimum Gasteiger partial charge on any atom is -0.465 e. The summed E-state index contributed by atoms with van der Waals surface area (Å²) < 4.78 is 8.42. The van der Waals surface area contributed by atoms with Gasteiger partial charge in [-0.15, -0.1) is 5.10 Å². The summed E-state index contributed by atoms with van der Waals surface area (Å²) in [5.41, 5.74) is 0.575. The zero-order chi connectivity index (χ0) is 12.1. The van der Waals surface area contributed by atoms with E-state index in [0.29, 0.717) is 17.2 Å². The maximum Gasteiger partial charge on any atom is 0.325 e. The minimum absolute atomic E-state index is 0.0655. The van der Waals surface area contributed by atoms with Crippen molar-refractivity contribution in [3.8, 4) is 0 Å². The number of aryl methyl sites for hydroxylation is 1. The van der Waals surface area contributed by atoms with E-state index in [9.17, 15) is 9.59 Å². The topological polar surface area (TPSA) is 72.4 Å². The van der Waals surface area contributed by atoms with Crippen molar-refractivity contribution in [2.24, 2.45) is 0 Å². The van der Waals surface area contributed by atoms with Crippen LogP contribution in [-0.4, -0.2) is 46.6 Å². The molecule has 0 aliphatic heterocycles. The van der Waals surface area contributed by atoms with Crippen LogP contribution in [-0.2, 0) is 9.53 Å². The number of carbonyl (C=O) groups excluding carboxylic acids is 2. The van der Waals surface area contributed by atoms with E-state index in [1.54, 1.807) is 20.9 Å². The van der Waals surface area contributed by atoms with Crippen LogP contribution in [0.15, 0.2) is 0 Å². The van der Waals surface area contributed by atoms with Crippen LogP contribution in [0.3, 0.4) is 0 Å². The lowest BCUT2D eigenvalue weighted by atomic mass is 10.3. The van der Waals surface area contributed by atoms with Gasteiger partial charge in [-0.2, -0.15) is 0 Å². The van der Waals surface area contributed by atoms with Crippen LogP contribution in [0.5, 0.6) is 0 Å². The molecule has 0 spiro atoms. The summed E-state index contributed by atoms with van der Waals surface area (Å²) in [6.45, 7) is 3.66. The van der Waals surface area contributed by atoms with Crippen LogP contribution in [0.1, 0.15) is 22.3 Å². The second kappa shape index (κ2) is 5.55.